The van der Waals surface area contributed by atoms with Gasteiger partial charge in [0.05, 0.1) is 11.4 Å². The highest BCUT2D eigenvalue weighted by Gasteiger charge is 2.34. The maximum atomic E-state index is 14.6. The molecule has 4 aromatic rings. The zero-order valence-electron chi connectivity index (χ0n) is 25.2. The van der Waals surface area contributed by atoms with Gasteiger partial charge in [-0.05, 0) is 146 Å². The molecule has 0 bridgehead atoms. The van der Waals surface area contributed by atoms with Gasteiger partial charge in [-0.1, -0.05) is 24.3 Å². The summed E-state index contributed by atoms with van der Waals surface area (Å²) in [6, 6.07) is 15.6. The van der Waals surface area contributed by atoms with Crippen LogP contribution in [0.15, 0.2) is 60.9 Å². The number of aromatic hydroxyl groups is 1. The third-order valence-electron chi connectivity index (χ3n) is 9.56. The van der Waals surface area contributed by atoms with E-state index in [9.17, 15) is 19.1 Å². The van der Waals surface area contributed by atoms with E-state index in [1.807, 2.05) is 30.3 Å². The van der Waals surface area contributed by atoms with Crippen LogP contribution in [0.2, 0.25) is 0 Å². The average molecular weight is 593 g/mol. The minimum Gasteiger partial charge on any atom is -0.507 e. The molecule has 0 atom stereocenters. The molecule has 44 heavy (non-hydrogen) atoms. The molecular formula is C38H41FN2O3. The molecule has 0 radical (unpaired) electrons. The third kappa shape index (κ3) is 6.74. The van der Waals surface area contributed by atoms with Gasteiger partial charge in [0.15, 0.2) is 11.6 Å². The summed E-state index contributed by atoms with van der Waals surface area (Å²) in [6.45, 7) is 0. The van der Waals surface area contributed by atoms with Crippen LogP contribution in [0.3, 0.4) is 0 Å². The SMILES string of the molecule is O=C(CCc1cc(C2CC2)c(F)c(C2CC2)c1)c1ccc[nH]1.O=C(CCc1cc(C2CC2)c(O)c(C2CC2)c1)c1ccc[nH]1. The third-order valence-corrected chi connectivity index (χ3v) is 9.56. The Morgan fingerprint density at radius 3 is 1.34 bits per heavy atom. The fraction of sp³-hybridized carbons (Fsp3) is 0.421. The molecule has 2 aromatic heterocycles. The highest BCUT2D eigenvalue weighted by molar-refractivity contribution is 5.94. The van der Waals surface area contributed by atoms with Crippen LogP contribution < -0.4 is 0 Å². The van der Waals surface area contributed by atoms with Crippen molar-refractivity contribution in [3.63, 3.8) is 0 Å². The number of carbonyl (C=O) groups is 2. The molecule has 6 heteroatoms. The molecule has 4 saturated carbocycles. The summed E-state index contributed by atoms with van der Waals surface area (Å²) in [5.41, 5.74) is 7.68. The van der Waals surface area contributed by atoms with Crippen LogP contribution >= 0.6 is 0 Å². The molecule has 8 rings (SSSR count). The molecule has 228 valence electrons. The quantitative estimate of drug-likeness (QED) is 0.144. The van der Waals surface area contributed by atoms with Gasteiger partial charge in [0, 0.05) is 25.2 Å². The van der Waals surface area contributed by atoms with E-state index in [0.29, 0.717) is 60.1 Å². The first-order chi connectivity index (χ1) is 21.4. The Kier molecular flexibility index (Phi) is 8.00. The summed E-state index contributed by atoms with van der Waals surface area (Å²) in [7, 11) is 0. The number of hydrogen-bond acceptors (Lipinski definition) is 3. The van der Waals surface area contributed by atoms with Crippen LogP contribution in [0.25, 0.3) is 0 Å². The largest absolute Gasteiger partial charge is 0.507 e. The van der Waals surface area contributed by atoms with Gasteiger partial charge in [-0.15, -0.1) is 0 Å². The minimum absolute atomic E-state index is 0.0319. The van der Waals surface area contributed by atoms with Crippen LogP contribution in [0.1, 0.15) is 142 Å². The van der Waals surface area contributed by atoms with Crippen molar-refractivity contribution in [2.24, 2.45) is 0 Å². The number of ketones is 2. The Morgan fingerprint density at radius 1 is 0.636 bits per heavy atom. The van der Waals surface area contributed by atoms with Gasteiger partial charge in [-0.3, -0.25) is 9.59 Å². The molecule has 0 spiro atoms. The number of aromatic nitrogens is 2. The van der Waals surface area contributed by atoms with Crippen molar-refractivity contribution >= 4 is 11.6 Å². The van der Waals surface area contributed by atoms with Gasteiger partial charge >= 0.3 is 0 Å². The number of aromatic amines is 2. The van der Waals surface area contributed by atoms with Crippen LogP contribution in [0.4, 0.5) is 4.39 Å². The van der Waals surface area contributed by atoms with E-state index < -0.39 is 0 Å². The second-order valence-corrected chi connectivity index (χ2v) is 13.3. The molecule has 3 N–H and O–H groups in total. The lowest BCUT2D eigenvalue weighted by molar-refractivity contribution is 0.0971. The van der Waals surface area contributed by atoms with Crippen molar-refractivity contribution in [2.75, 3.05) is 0 Å². The number of hydrogen-bond donors (Lipinski definition) is 3. The number of aryl methyl sites for hydroxylation is 2. The van der Waals surface area contributed by atoms with Gasteiger partial charge in [0.1, 0.15) is 11.6 Å². The summed E-state index contributed by atoms with van der Waals surface area (Å²) < 4.78 is 14.6. The first-order valence-corrected chi connectivity index (χ1v) is 16.5. The topological polar surface area (TPSA) is 85.9 Å². The lowest BCUT2D eigenvalue weighted by Crippen LogP contribution is -2.03. The smallest absolute Gasteiger partial charge is 0.179 e. The van der Waals surface area contributed by atoms with Crippen molar-refractivity contribution in [3.8, 4) is 5.75 Å². The minimum atomic E-state index is 0.0319. The Labute approximate surface area is 258 Å². The Bertz CT molecular complexity index is 1450. The zero-order chi connectivity index (χ0) is 30.2. The number of H-pyrrole nitrogens is 2. The number of phenols is 1. The molecule has 2 heterocycles. The van der Waals surface area contributed by atoms with E-state index in [0.717, 1.165) is 59.9 Å². The van der Waals surface area contributed by atoms with E-state index in [2.05, 4.69) is 22.1 Å². The number of carbonyl (C=O) groups excluding carboxylic acids is 2. The van der Waals surface area contributed by atoms with Crippen LogP contribution in [0, 0.1) is 5.82 Å². The molecular weight excluding hydrogens is 551 g/mol. The number of benzene rings is 2. The summed E-state index contributed by atoms with van der Waals surface area (Å²) in [5, 5.41) is 10.5. The maximum absolute atomic E-state index is 14.6. The van der Waals surface area contributed by atoms with Crippen LogP contribution in [-0.2, 0) is 12.8 Å². The number of phenolic OH excluding ortho intramolecular Hbond substituents is 1. The highest BCUT2D eigenvalue weighted by Crippen LogP contribution is 2.51. The molecule has 0 aliphatic heterocycles. The second-order valence-electron chi connectivity index (χ2n) is 13.3. The van der Waals surface area contributed by atoms with E-state index in [1.54, 1.807) is 18.5 Å². The van der Waals surface area contributed by atoms with Gasteiger partial charge in [-0.25, -0.2) is 4.39 Å². The normalized spacial score (nSPS) is 17.7. The summed E-state index contributed by atoms with van der Waals surface area (Å²) >= 11 is 0. The van der Waals surface area contributed by atoms with Crippen LogP contribution in [0.5, 0.6) is 5.75 Å². The maximum Gasteiger partial charge on any atom is 0.179 e. The molecule has 2 aromatic carbocycles. The van der Waals surface area contributed by atoms with Gasteiger partial charge in [-0.2, -0.15) is 0 Å². The number of nitrogens with one attached hydrogen (secondary N) is 2. The lowest BCUT2D eigenvalue weighted by Gasteiger charge is -2.12. The van der Waals surface area contributed by atoms with E-state index in [4.69, 9.17) is 0 Å². The lowest BCUT2D eigenvalue weighted by atomic mass is 9.95. The molecule has 4 aliphatic rings. The average Bonchev–Trinajstić information content (AvgIpc) is 3.83. The van der Waals surface area contributed by atoms with Crippen LogP contribution in [-0.4, -0.2) is 26.6 Å². The molecule has 4 aliphatic carbocycles. The van der Waals surface area contributed by atoms with Crippen molar-refractivity contribution < 1.29 is 19.1 Å². The molecule has 4 fully saturated rings. The van der Waals surface area contributed by atoms with E-state index in [1.165, 1.54) is 31.2 Å². The van der Waals surface area contributed by atoms with Gasteiger partial charge in [0.25, 0.3) is 0 Å². The van der Waals surface area contributed by atoms with Crippen molar-refractivity contribution in [3.05, 3.63) is 112 Å². The Balaban J connectivity index is 0.000000142. The predicted molar refractivity (Wildman–Crippen MR) is 169 cm³/mol. The highest BCUT2D eigenvalue weighted by atomic mass is 19.1. The number of halogens is 1. The monoisotopic (exact) mass is 592 g/mol. The van der Waals surface area contributed by atoms with Gasteiger partial charge < -0.3 is 15.1 Å². The van der Waals surface area contributed by atoms with E-state index in [-0.39, 0.29) is 17.4 Å². The fourth-order valence-electron chi connectivity index (χ4n) is 6.35. The van der Waals surface area contributed by atoms with Crippen molar-refractivity contribution in [2.45, 2.75) is 101 Å². The summed E-state index contributed by atoms with van der Waals surface area (Å²) in [4.78, 5) is 30.2. The zero-order valence-corrected chi connectivity index (χ0v) is 25.2. The molecule has 0 unspecified atom stereocenters. The summed E-state index contributed by atoms with van der Waals surface area (Å²) in [6.07, 6.45) is 15.1. The van der Waals surface area contributed by atoms with E-state index >= 15 is 0 Å². The second kappa shape index (κ2) is 12.2. The predicted octanol–water partition coefficient (Wildman–Crippen LogP) is 9.01. The number of Topliss-reactive ketones (excluding diaryl/α,β-unsaturated/α-hetero) is 2. The standard InChI is InChI=1S/C19H20FNO.C19H21NO2/c20-19-15(13-4-5-13)10-12(11-16(19)14-6-7-14)3-8-18(22)17-2-1-9-21-17;21-18(17-2-1-9-20-17)8-3-12-10-15(13-4-5-13)19(22)16(11-12)14-6-7-14/h1-2,9-11,13-14,21H,3-8H2;1-2,9-11,13-14,20,22H,3-8H2. The summed E-state index contributed by atoms with van der Waals surface area (Å²) in [5.74, 6) is 2.74. The molecule has 0 amide bonds. The first-order valence-electron chi connectivity index (χ1n) is 16.5. The number of rotatable bonds is 12. The molecule has 5 nitrogen and oxygen atoms in total. The Morgan fingerprint density at radius 2 is 1.00 bits per heavy atom. The molecule has 0 saturated heterocycles. The van der Waals surface area contributed by atoms with Crippen molar-refractivity contribution in [1.29, 1.82) is 0 Å². The first kappa shape index (κ1) is 28.8. The van der Waals surface area contributed by atoms with Gasteiger partial charge in [0.2, 0.25) is 0 Å². The fourth-order valence-corrected chi connectivity index (χ4v) is 6.35. The Hall–Kier alpha value is -3.93. The van der Waals surface area contributed by atoms with Crippen molar-refractivity contribution in [1.82, 2.24) is 9.97 Å².